The molecule has 2 aromatic carbocycles. The van der Waals surface area contributed by atoms with Crippen LogP contribution in [0.15, 0.2) is 30.3 Å². The van der Waals surface area contributed by atoms with E-state index in [1.807, 2.05) is 6.92 Å². The predicted molar refractivity (Wildman–Crippen MR) is 83.1 cm³/mol. The normalized spacial score (nSPS) is 12.5. The Hall–Kier alpha value is -1.16. The largest absolute Gasteiger partial charge is 0.306 e. The minimum Gasteiger partial charge on any atom is -0.306 e. The smallest absolute Gasteiger partial charge is 0.141 e. The molecule has 5 heteroatoms. The molecule has 0 heterocycles. The van der Waals surface area contributed by atoms with Crippen molar-refractivity contribution in [2.24, 2.45) is 0 Å². The lowest BCUT2D eigenvalue weighted by Gasteiger charge is -2.21. The number of hydrogen-bond donors (Lipinski definition) is 1. The fourth-order valence-electron chi connectivity index (χ4n) is 2.20. The van der Waals surface area contributed by atoms with Gasteiger partial charge in [-0.1, -0.05) is 36.2 Å². The Bertz CT molecular complexity index is 659. The number of nitrogens with one attached hydrogen (secondary N) is 1. The zero-order valence-electron chi connectivity index (χ0n) is 11.7. The molecule has 0 bridgehead atoms. The molecule has 1 nitrogen and oxygen atoms in total. The fourth-order valence-corrected chi connectivity index (χ4v) is 2.65. The van der Waals surface area contributed by atoms with E-state index in [1.165, 1.54) is 12.1 Å². The van der Waals surface area contributed by atoms with E-state index in [0.717, 1.165) is 11.1 Å². The quantitative estimate of drug-likeness (QED) is 0.804. The second-order valence-corrected chi connectivity index (χ2v) is 5.60. The first-order chi connectivity index (χ1) is 9.93. The molecular formula is C16H15Cl2F2N. The van der Waals surface area contributed by atoms with E-state index in [9.17, 15) is 8.78 Å². The Kier molecular flexibility index (Phi) is 5.20. The van der Waals surface area contributed by atoms with Crippen LogP contribution in [-0.2, 0) is 0 Å². The average Bonchev–Trinajstić information content (AvgIpc) is 2.44. The zero-order chi connectivity index (χ0) is 15.6. The van der Waals surface area contributed by atoms with Gasteiger partial charge in [0.05, 0.1) is 11.1 Å². The van der Waals surface area contributed by atoms with E-state index in [0.29, 0.717) is 17.1 Å². The van der Waals surface area contributed by atoms with E-state index in [4.69, 9.17) is 23.2 Å². The summed E-state index contributed by atoms with van der Waals surface area (Å²) in [6.07, 6.45) is 0. The molecule has 0 saturated carbocycles. The molecule has 0 aliphatic carbocycles. The van der Waals surface area contributed by atoms with E-state index in [1.54, 1.807) is 25.1 Å². The van der Waals surface area contributed by atoms with Crippen LogP contribution in [0.4, 0.5) is 8.78 Å². The predicted octanol–water partition coefficient (Wildman–Crippen LogP) is 5.28. The van der Waals surface area contributed by atoms with Crippen LogP contribution >= 0.6 is 23.2 Å². The minimum atomic E-state index is -0.475. The van der Waals surface area contributed by atoms with Crippen molar-refractivity contribution in [2.75, 3.05) is 6.54 Å². The number of aryl methyl sites for hydroxylation is 1. The van der Waals surface area contributed by atoms with Gasteiger partial charge in [0, 0.05) is 5.02 Å². The zero-order valence-corrected chi connectivity index (χ0v) is 13.2. The Morgan fingerprint density at radius 2 is 1.76 bits per heavy atom. The van der Waals surface area contributed by atoms with Crippen LogP contribution in [0.3, 0.4) is 0 Å². The van der Waals surface area contributed by atoms with Crippen molar-refractivity contribution in [1.82, 2.24) is 5.32 Å². The molecule has 1 atom stereocenters. The van der Waals surface area contributed by atoms with Crippen LogP contribution < -0.4 is 5.32 Å². The third kappa shape index (κ3) is 3.54. The Balaban J connectivity index is 2.52. The van der Waals surface area contributed by atoms with Gasteiger partial charge in [0.1, 0.15) is 11.6 Å². The van der Waals surface area contributed by atoms with Crippen LogP contribution in [-0.4, -0.2) is 6.54 Å². The molecular weight excluding hydrogens is 315 g/mol. The summed E-state index contributed by atoms with van der Waals surface area (Å²) >= 11 is 12.0. The topological polar surface area (TPSA) is 12.0 Å². The highest BCUT2D eigenvalue weighted by molar-refractivity contribution is 6.31. The number of halogens is 4. The molecule has 0 aliphatic rings. The van der Waals surface area contributed by atoms with Crippen LogP contribution in [0, 0.1) is 18.6 Å². The van der Waals surface area contributed by atoms with Gasteiger partial charge in [-0.25, -0.2) is 8.78 Å². The van der Waals surface area contributed by atoms with Crippen molar-refractivity contribution in [3.63, 3.8) is 0 Å². The van der Waals surface area contributed by atoms with Gasteiger partial charge in [0.25, 0.3) is 0 Å². The summed E-state index contributed by atoms with van der Waals surface area (Å²) < 4.78 is 26.9. The van der Waals surface area contributed by atoms with E-state index >= 15 is 0 Å². The molecule has 0 aromatic heterocycles. The van der Waals surface area contributed by atoms with Crippen LogP contribution in [0.25, 0.3) is 0 Å². The van der Waals surface area contributed by atoms with Crippen molar-refractivity contribution in [2.45, 2.75) is 19.9 Å². The highest BCUT2D eigenvalue weighted by Gasteiger charge is 2.19. The summed E-state index contributed by atoms with van der Waals surface area (Å²) in [5.74, 6) is -0.826. The van der Waals surface area contributed by atoms with E-state index in [-0.39, 0.29) is 16.9 Å². The summed E-state index contributed by atoms with van der Waals surface area (Å²) in [6.45, 7) is 4.30. The summed E-state index contributed by atoms with van der Waals surface area (Å²) in [5, 5.41) is 3.63. The average molecular weight is 330 g/mol. The number of rotatable bonds is 4. The number of hydrogen-bond acceptors (Lipinski definition) is 1. The molecule has 112 valence electrons. The molecule has 0 radical (unpaired) electrons. The molecule has 0 fully saturated rings. The van der Waals surface area contributed by atoms with Crippen molar-refractivity contribution in [3.8, 4) is 0 Å². The maximum atomic E-state index is 13.6. The third-order valence-electron chi connectivity index (χ3n) is 3.27. The van der Waals surface area contributed by atoms with Gasteiger partial charge in [-0.05, 0) is 54.4 Å². The molecule has 2 rings (SSSR count). The molecule has 0 saturated heterocycles. The standard InChI is InChI=1S/C16H15Cl2F2N/c1-3-21-16(10-4-5-14(19)13(18)7-10)11-6-9(2)15(20)8-12(11)17/h4-8,16,21H,3H2,1-2H3. The molecule has 1 unspecified atom stereocenters. The molecule has 0 aliphatic heterocycles. The summed E-state index contributed by atoms with van der Waals surface area (Å²) in [4.78, 5) is 0. The first kappa shape index (κ1) is 16.2. The van der Waals surface area contributed by atoms with Crippen molar-refractivity contribution >= 4 is 23.2 Å². The summed E-state index contributed by atoms with van der Waals surface area (Å²) in [5.41, 5.74) is 2.02. The number of benzene rings is 2. The first-order valence-electron chi connectivity index (χ1n) is 6.58. The van der Waals surface area contributed by atoms with Gasteiger partial charge in [0.15, 0.2) is 0 Å². The molecule has 2 aromatic rings. The molecule has 0 spiro atoms. The maximum Gasteiger partial charge on any atom is 0.141 e. The SMILES string of the molecule is CCNC(c1ccc(F)c(Cl)c1)c1cc(C)c(F)cc1Cl. The van der Waals surface area contributed by atoms with Gasteiger partial charge < -0.3 is 5.32 Å². The lowest BCUT2D eigenvalue weighted by Crippen LogP contribution is -2.22. The molecule has 21 heavy (non-hydrogen) atoms. The van der Waals surface area contributed by atoms with Gasteiger partial charge in [-0.2, -0.15) is 0 Å². The Labute approximate surface area is 132 Å². The van der Waals surface area contributed by atoms with Crippen LogP contribution in [0.2, 0.25) is 10.0 Å². The van der Waals surface area contributed by atoms with Gasteiger partial charge in [-0.3, -0.25) is 0 Å². The summed E-state index contributed by atoms with van der Waals surface area (Å²) in [6, 6.07) is 7.22. The van der Waals surface area contributed by atoms with Gasteiger partial charge in [0.2, 0.25) is 0 Å². The van der Waals surface area contributed by atoms with Gasteiger partial charge in [-0.15, -0.1) is 0 Å². The molecule has 1 N–H and O–H groups in total. The Morgan fingerprint density at radius 1 is 1.05 bits per heavy atom. The molecule has 0 amide bonds. The highest BCUT2D eigenvalue weighted by atomic mass is 35.5. The van der Waals surface area contributed by atoms with E-state index < -0.39 is 5.82 Å². The van der Waals surface area contributed by atoms with Gasteiger partial charge >= 0.3 is 0 Å². The first-order valence-corrected chi connectivity index (χ1v) is 7.33. The second-order valence-electron chi connectivity index (χ2n) is 4.79. The summed E-state index contributed by atoms with van der Waals surface area (Å²) in [7, 11) is 0. The van der Waals surface area contributed by atoms with E-state index in [2.05, 4.69) is 5.32 Å². The lowest BCUT2D eigenvalue weighted by molar-refractivity contribution is 0.603. The Morgan fingerprint density at radius 3 is 2.38 bits per heavy atom. The lowest BCUT2D eigenvalue weighted by atomic mass is 9.97. The minimum absolute atomic E-state index is 0.0466. The van der Waals surface area contributed by atoms with Crippen molar-refractivity contribution in [3.05, 3.63) is 68.7 Å². The van der Waals surface area contributed by atoms with Crippen LogP contribution in [0.1, 0.15) is 29.7 Å². The monoisotopic (exact) mass is 329 g/mol. The maximum absolute atomic E-state index is 13.6. The highest BCUT2D eigenvalue weighted by Crippen LogP contribution is 2.32. The fraction of sp³-hybridized carbons (Fsp3) is 0.250. The third-order valence-corrected chi connectivity index (χ3v) is 3.89. The second kappa shape index (κ2) is 6.73. The van der Waals surface area contributed by atoms with Crippen LogP contribution in [0.5, 0.6) is 0 Å². The van der Waals surface area contributed by atoms with Crippen molar-refractivity contribution < 1.29 is 8.78 Å². The van der Waals surface area contributed by atoms with Crippen molar-refractivity contribution in [1.29, 1.82) is 0 Å².